The van der Waals surface area contributed by atoms with E-state index in [0.29, 0.717) is 27.3 Å². The summed E-state index contributed by atoms with van der Waals surface area (Å²) in [6, 6.07) is 17.5. The molecule has 32 heavy (non-hydrogen) atoms. The Morgan fingerprint density at radius 1 is 1.19 bits per heavy atom. The summed E-state index contributed by atoms with van der Waals surface area (Å²) in [6.45, 7) is 1.98. The number of aromatic nitrogens is 1. The number of carbonyl (C=O) groups is 1. The van der Waals surface area contributed by atoms with Crippen molar-refractivity contribution in [3.05, 3.63) is 70.8 Å². The lowest BCUT2D eigenvalue weighted by Crippen LogP contribution is -2.19. The van der Waals surface area contributed by atoms with Crippen molar-refractivity contribution >= 4 is 67.9 Å². The Morgan fingerprint density at radius 3 is 2.91 bits per heavy atom. The molecule has 2 aromatic heterocycles. The number of fused-ring (bicyclic) bond motifs is 1. The average Bonchev–Trinajstić information content (AvgIpc) is 3.47. The number of carbonyl (C=O) groups excluding carboxylic acids is 1. The quantitative estimate of drug-likeness (QED) is 0.341. The van der Waals surface area contributed by atoms with Gasteiger partial charge < -0.3 is 14.5 Å². The number of methoxy groups -OCH3 is 1. The van der Waals surface area contributed by atoms with Crippen LogP contribution in [-0.2, 0) is 4.79 Å². The molecular weight excluding hydrogens is 462 g/mol. The van der Waals surface area contributed by atoms with E-state index < -0.39 is 0 Å². The topological polar surface area (TPSA) is 76.7 Å². The van der Waals surface area contributed by atoms with Gasteiger partial charge in [0.1, 0.15) is 17.2 Å². The largest absolute Gasteiger partial charge is 0.494 e. The van der Waals surface area contributed by atoms with Crippen LogP contribution in [0, 0.1) is 6.92 Å². The molecule has 9 heteroatoms. The van der Waals surface area contributed by atoms with Gasteiger partial charge in [0.15, 0.2) is 14.6 Å². The van der Waals surface area contributed by atoms with Gasteiger partial charge in [-0.05, 0) is 72.4 Å². The SMILES string of the molecule is COc1ccc(C)cc1N=C1NC(=O)/C(=C/c2ccc(Sc3nc4ccccc4s3)o2)S1. The Morgan fingerprint density at radius 2 is 2.06 bits per heavy atom. The van der Waals surface area contributed by atoms with Crippen molar-refractivity contribution in [1.29, 1.82) is 0 Å². The maximum atomic E-state index is 12.4. The summed E-state index contributed by atoms with van der Waals surface area (Å²) >= 11 is 4.36. The van der Waals surface area contributed by atoms with Crippen molar-refractivity contribution in [2.45, 2.75) is 16.4 Å². The molecule has 160 valence electrons. The maximum Gasteiger partial charge on any atom is 0.264 e. The van der Waals surface area contributed by atoms with E-state index in [0.717, 1.165) is 25.2 Å². The second-order valence-corrected chi connectivity index (χ2v) is 10.2. The van der Waals surface area contributed by atoms with Crippen LogP contribution in [0.1, 0.15) is 11.3 Å². The van der Waals surface area contributed by atoms with Crippen LogP contribution in [0.2, 0.25) is 0 Å². The van der Waals surface area contributed by atoms with E-state index in [1.807, 2.05) is 55.5 Å². The zero-order chi connectivity index (χ0) is 22.1. The van der Waals surface area contributed by atoms with Crippen LogP contribution < -0.4 is 10.1 Å². The molecule has 4 aromatic rings. The predicted octanol–water partition coefficient (Wildman–Crippen LogP) is 6.25. The normalized spacial score (nSPS) is 16.2. The lowest BCUT2D eigenvalue weighted by atomic mass is 10.2. The fourth-order valence-corrected chi connectivity index (χ4v) is 5.84. The summed E-state index contributed by atoms with van der Waals surface area (Å²) in [5.74, 6) is 1.04. The Balaban J connectivity index is 1.33. The minimum atomic E-state index is -0.211. The second-order valence-electron chi connectivity index (χ2n) is 6.86. The van der Waals surface area contributed by atoms with Crippen molar-refractivity contribution in [2.75, 3.05) is 7.11 Å². The van der Waals surface area contributed by atoms with Gasteiger partial charge in [-0.3, -0.25) is 4.79 Å². The molecule has 6 nitrogen and oxygen atoms in total. The number of hydrogen-bond acceptors (Lipinski definition) is 8. The second kappa shape index (κ2) is 8.85. The molecule has 3 heterocycles. The third kappa shape index (κ3) is 4.45. The van der Waals surface area contributed by atoms with Crippen LogP contribution in [0.5, 0.6) is 5.75 Å². The van der Waals surface area contributed by atoms with E-state index in [4.69, 9.17) is 9.15 Å². The third-order valence-electron chi connectivity index (χ3n) is 4.54. The lowest BCUT2D eigenvalue weighted by Gasteiger charge is -2.05. The highest BCUT2D eigenvalue weighted by atomic mass is 32.2. The van der Waals surface area contributed by atoms with Crippen molar-refractivity contribution < 1.29 is 13.9 Å². The summed E-state index contributed by atoms with van der Waals surface area (Å²) in [5.41, 5.74) is 2.71. The number of aryl methyl sites for hydroxylation is 1. The van der Waals surface area contributed by atoms with Crippen LogP contribution in [-0.4, -0.2) is 23.2 Å². The fourth-order valence-electron chi connectivity index (χ4n) is 3.05. The highest BCUT2D eigenvalue weighted by Gasteiger charge is 2.25. The standard InChI is InChI=1S/C23H17N3O3S3/c1-13-7-9-17(28-2)16(11-13)24-22-26-21(27)19(30-22)12-14-8-10-20(29-14)32-23-25-15-5-3-4-6-18(15)31-23/h3-12H,1-2H3,(H,24,26,27)/b19-12-. The highest BCUT2D eigenvalue weighted by molar-refractivity contribution is 8.18. The van der Waals surface area contributed by atoms with Gasteiger partial charge in [-0.2, -0.15) is 0 Å². The number of nitrogens with one attached hydrogen (secondary N) is 1. The Bertz CT molecular complexity index is 1350. The number of thioether (sulfide) groups is 1. The number of furan rings is 1. The first kappa shape index (κ1) is 20.9. The van der Waals surface area contributed by atoms with E-state index in [1.165, 1.54) is 23.5 Å². The smallest absolute Gasteiger partial charge is 0.264 e. The molecule has 1 saturated heterocycles. The summed E-state index contributed by atoms with van der Waals surface area (Å²) in [6.07, 6.45) is 1.72. The Kier molecular flexibility index (Phi) is 5.77. The van der Waals surface area contributed by atoms with Crippen LogP contribution in [0.3, 0.4) is 0 Å². The lowest BCUT2D eigenvalue weighted by molar-refractivity contribution is -0.115. The Labute approximate surface area is 196 Å². The molecule has 0 aliphatic carbocycles. The van der Waals surface area contributed by atoms with Gasteiger partial charge in [0.25, 0.3) is 5.91 Å². The molecule has 2 aromatic carbocycles. The first-order valence-electron chi connectivity index (χ1n) is 9.65. The molecular formula is C23H17N3O3S3. The maximum absolute atomic E-state index is 12.4. The van der Waals surface area contributed by atoms with Crippen molar-refractivity contribution in [3.63, 3.8) is 0 Å². The number of aliphatic imine (C=N–C) groups is 1. The van der Waals surface area contributed by atoms with Crippen molar-refractivity contribution in [1.82, 2.24) is 10.3 Å². The molecule has 0 saturated carbocycles. The van der Waals surface area contributed by atoms with Gasteiger partial charge in [0.05, 0.1) is 22.2 Å². The molecule has 0 bridgehead atoms. The first-order valence-corrected chi connectivity index (χ1v) is 12.1. The van der Waals surface area contributed by atoms with E-state index in [2.05, 4.69) is 21.4 Å². The zero-order valence-electron chi connectivity index (χ0n) is 17.1. The van der Waals surface area contributed by atoms with E-state index in [1.54, 1.807) is 24.5 Å². The van der Waals surface area contributed by atoms with E-state index in [-0.39, 0.29) is 5.91 Å². The number of amides is 1. The van der Waals surface area contributed by atoms with Gasteiger partial charge in [0.2, 0.25) is 0 Å². The molecule has 1 fully saturated rings. The fraction of sp³-hybridized carbons (Fsp3) is 0.0870. The number of benzene rings is 2. The first-order chi connectivity index (χ1) is 15.6. The molecule has 1 amide bonds. The van der Waals surface area contributed by atoms with E-state index in [9.17, 15) is 4.79 Å². The molecule has 0 unspecified atom stereocenters. The summed E-state index contributed by atoms with van der Waals surface area (Å²) in [4.78, 5) is 22.1. The predicted molar refractivity (Wildman–Crippen MR) is 131 cm³/mol. The molecule has 0 spiro atoms. The molecule has 0 atom stereocenters. The van der Waals surface area contributed by atoms with Crippen LogP contribution in [0.25, 0.3) is 16.3 Å². The highest BCUT2D eigenvalue weighted by Crippen LogP contribution is 2.36. The number of thiazole rings is 1. The average molecular weight is 480 g/mol. The van der Waals surface area contributed by atoms with Gasteiger partial charge in [0, 0.05) is 6.08 Å². The summed E-state index contributed by atoms with van der Waals surface area (Å²) in [5, 5.41) is 4.02. The van der Waals surface area contributed by atoms with Gasteiger partial charge >= 0.3 is 0 Å². The number of rotatable bonds is 5. The van der Waals surface area contributed by atoms with Gasteiger partial charge in [-0.25, -0.2) is 9.98 Å². The number of hydrogen-bond donors (Lipinski definition) is 1. The Hall–Kier alpha value is -3.01. The molecule has 0 radical (unpaired) electrons. The van der Waals surface area contributed by atoms with Gasteiger partial charge in [-0.1, -0.05) is 18.2 Å². The number of ether oxygens (including phenoxy) is 1. The molecule has 5 rings (SSSR count). The molecule has 1 aliphatic rings. The van der Waals surface area contributed by atoms with Crippen molar-refractivity contribution in [2.24, 2.45) is 4.99 Å². The number of amidine groups is 1. The number of nitrogens with zero attached hydrogens (tertiary/aromatic N) is 2. The van der Waals surface area contributed by atoms with Crippen molar-refractivity contribution in [3.8, 4) is 5.75 Å². The van der Waals surface area contributed by atoms with E-state index >= 15 is 0 Å². The molecule has 1 aliphatic heterocycles. The number of para-hydroxylation sites is 1. The van der Waals surface area contributed by atoms with Crippen LogP contribution in [0.15, 0.2) is 78.3 Å². The third-order valence-corrected chi connectivity index (χ3v) is 7.47. The summed E-state index contributed by atoms with van der Waals surface area (Å²) < 4.78 is 13.3. The minimum Gasteiger partial charge on any atom is -0.494 e. The summed E-state index contributed by atoms with van der Waals surface area (Å²) in [7, 11) is 1.60. The minimum absolute atomic E-state index is 0.211. The zero-order valence-corrected chi connectivity index (χ0v) is 19.6. The van der Waals surface area contributed by atoms with Crippen LogP contribution in [0.4, 0.5) is 5.69 Å². The van der Waals surface area contributed by atoms with Gasteiger partial charge in [-0.15, -0.1) is 11.3 Å². The van der Waals surface area contributed by atoms with Crippen LogP contribution >= 0.6 is 34.9 Å². The monoisotopic (exact) mass is 479 g/mol. The molecule has 1 N–H and O–H groups in total.